The summed E-state index contributed by atoms with van der Waals surface area (Å²) in [6, 6.07) is 1.09. The molecular weight excluding hydrogens is 242 g/mol. The minimum Gasteiger partial charge on any atom is -0.500 e. The number of nitrogens with zero attached hydrogens (tertiary/aromatic N) is 3. The van der Waals surface area contributed by atoms with Crippen LogP contribution in [0.25, 0.3) is 4.98 Å². The molecule has 0 saturated heterocycles. The summed E-state index contributed by atoms with van der Waals surface area (Å²) in [5.41, 5.74) is -1.49. The van der Waals surface area contributed by atoms with Crippen molar-refractivity contribution < 1.29 is 23.0 Å². The number of hydrogen-bond acceptors (Lipinski definition) is 6. The number of non-ortho nitro benzene ring substituents is 1. The number of hydrogen-bond donors (Lipinski definition) is 2. The van der Waals surface area contributed by atoms with Gasteiger partial charge in [0.2, 0.25) is 11.1 Å². The average Bonchev–Trinajstić information content (AvgIpc) is 2.15. The first kappa shape index (κ1) is 11.8. The van der Waals surface area contributed by atoms with E-state index in [1.54, 1.807) is 0 Å². The van der Waals surface area contributed by atoms with Gasteiger partial charge in [-0.2, -0.15) is 8.42 Å². The molecule has 0 aliphatic rings. The molecule has 0 heterocycles. The predicted octanol–water partition coefficient (Wildman–Crippen LogP) is 1.03. The summed E-state index contributed by atoms with van der Waals surface area (Å²) in [6.07, 6.45) is 0. The predicted molar refractivity (Wildman–Crippen MR) is 49.3 cm³/mol. The van der Waals surface area contributed by atoms with E-state index in [4.69, 9.17) is 9.95 Å². The second-order valence-electron chi connectivity index (χ2n) is 2.64. The Labute approximate surface area is 88.5 Å². The van der Waals surface area contributed by atoms with Crippen molar-refractivity contribution in [3.8, 4) is 5.75 Å². The molecule has 16 heavy (non-hydrogen) atoms. The fourth-order valence-electron chi connectivity index (χ4n) is 0.957. The molecule has 10 heteroatoms. The fourth-order valence-corrected chi connectivity index (χ4v) is 1.58. The number of nitro benzene ring substituents is 1. The summed E-state index contributed by atoms with van der Waals surface area (Å²) < 4.78 is 30.2. The normalized spacial score (nSPS) is 10.8. The zero-order valence-corrected chi connectivity index (χ0v) is 8.25. The molecule has 1 rings (SSSR count). The van der Waals surface area contributed by atoms with Gasteiger partial charge in [0.25, 0.3) is 15.8 Å². The van der Waals surface area contributed by atoms with Crippen LogP contribution in [0, 0.1) is 15.5 Å². The Morgan fingerprint density at radius 3 is 2.38 bits per heavy atom. The van der Waals surface area contributed by atoms with Crippen molar-refractivity contribution >= 4 is 21.5 Å². The van der Waals surface area contributed by atoms with Gasteiger partial charge < -0.3 is 5.11 Å². The maximum Gasteiger partial charge on any atom is 0.434 e. The highest BCUT2D eigenvalue weighted by Gasteiger charge is 2.30. The Morgan fingerprint density at radius 2 is 2.00 bits per heavy atom. The second-order valence-corrected chi connectivity index (χ2v) is 4.03. The van der Waals surface area contributed by atoms with Crippen LogP contribution in [0.5, 0.6) is 5.75 Å². The molecule has 0 atom stereocenters. The van der Waals surface area contributed by atoms with E-state index in [0.717, 1.165) is 0 Å². The van der Waals surface area contributed by atoms with Gasteiger partial charge in [0.1, 0.15) is 6.07 Å². The molecule has 1 aromatic carbocycles. The van der Waals surface area contributed by atoms with Crippen LogP contribution in [0.1, 0.15) is 0 Å². The molecule has 0 aliphatic carbocycles. The van der Waals surface area contributed by atoms with Crippen molar-refractivity contribution in [2.24, 2.45) is 0 Å². The zero-order chi connectivity index (χ0) is 12.5. The van der Waals surface area contributed by atoms with E-state index in [2.05, 4.69) is 4.98 Å². The average molecular weight is 246 g/mol. The molecule has 0 radical (unpaired) electrons. The van der Waals surface area contributed by atoms with Crippen LogP contribution in [0.15, 0.2) is 17.0 Å². The van der Waals surface area contributed by atoms with E-state index in [1.165, 1.54) is 0 Å². The first-order chi connectivity index (χ1) is 7.27. The maximum atomic E-state index is 10.7. The number of diazo groups is 1. The summed E-state index contributed by atoms with van der Waals surface area (Å²) in [6.45, 7) is 0. The Bertz CT molecular complexity index is 601. The summed E-state index contributed by atoms with van der Waals surface area (Å²) in [7, 11) is -4.85. The largest absolute Gasteiger partial charge is 0.500 e. The van der Waals surface area contributed by atoms with Crippen LogP contribution in [0.2, 0.25) is 0 Å². The minimum absolute atomic E-state index is 0.444. The number of phenolic OH excluding ortho intramolecular Hbond substituents is 1. The summed E-state index contributed by atoms with van der Waals surface area (Å²) >= 11 is 0. The Balaban J connectivity index is 3.70. The van der Waals surface area contributed by atoms with Crippen molar-refractivity contribution in [2.75, 3.05) is 0 Å². The highest BCUT2D eigenvalue weighted by molar-refractivity contribution is 7.86. The lowest BCUT2D eigenvalue weighted by Gasteiger charge is -1.97. The van der Waals surface area contributed by atoms with Crippen LogP contribution in [0.3, 0.4) is 0 Å². The van der Waals surface area contributed by atoms with Gasteiger partial charge in [-0.05, 0) is 0 Å². The third-order valence-electron chi connectivity index (χ3n) is 1.64. The summed E-state index contributed by atoms with van der Waals surface area (Å²) in [4.78, 5) is 10.8. The lowest BCUT2D eigenvalue weighted by atomic mass is 10.2. The molecule has 0 spiro atoms. The molecule has 0 amide bonds. The molecule has 1 aromatic rings. The first-order valence-corrected chi connectivity index (χ1v) is 5.05. The van der Waals surface area contributed by atoms with Gasteiger partial charge >= 0.3 is 5.69 Å². The van der Waals surface area contributed by atoms with Crippen molar-refractivity contribution in [1.82, 2.24) is 0 Å². The molecule has 0 unspecified atom stereocenters. The summed E-state index contributed by atoms with van der Waals surface area (Å²) in [5.74, 6) is -1.07. The maximum absolute atomic E-state index is 10.7. The van der Waals surface area contributed by atoms with E-state index in [-0.39, 0.29) is 0 Å². The van der Waals surface area contributed by atoms with Crippen molar-refractivity contribution in [2.45, 2.75) is 4.90 Å². The smallest absolute Gasteiger partial charge is 0.434 e. The molecule has 9 nitrogen and oxygen atoms in total. The van der Waals surface area contributed by atoms with Crippen LogP contribution < -0.4 is 0 Å². The van der Waals surface area contributed by atoms with Crippen molar-refractivity contribution in [3.05, 3.63) is 27.2 Å². The zero-order valence-electron chi connectivity index (χ0n) is 7.43. The third-order valence-corrected chi connectivity index (χ3v) is 2.50. The molecule has 0 aromatic heterocycles. The highest BCUT2D eigenvalue weighted by atomic mass is 32.2. The molecule has 0 bridgehead atoms. The molecule has 2 N–H and O–H groups in total. The Morgan fingerprint density at radius 1 is 1.44 bits per heavy atom. The number of phenols is 1. The standard InChI is InChI=1S/C6H3N3O6S/c7-8-4-1-3(9(11)12)2-5(6(4)10)16(13,14)15/h1-2H,(H-,10,13,14,15)/p+1. The molecule has 0 aliphatic heterocycles. The van der Waals surface area contributed by atoms with Crippen molar-refractivity contribution in [1.29, 1.82) is 5.39 Å². The molecule has 0 fully saturated rings. The van der Waals surface area contributed by atoms with Crippen LogP contribution >= 0.6 is 0 Å². The van der Waals surface area contributed by atoms with E-state index in [9.17, 15) is 23.6 Å². The van der Waals surface area contributed by atoms with Gasteiger partial charge in [-0.25, -0.2) is 0 Å². The lowest BCUT2D eigenvalue weighted by Crippen LogP contribution is -2.00. The van der Waals surface area contributed by atoms with Gasteiger partial charge in [0.15, 0.2) is 9.87 Å². The Hall–Kier alpha value is -2.25. The summed E-state index contributed by atoms with van der Waals surface area (Å²) in [5, 5.41) is 28.0. The SMILES string of the molecule is N#[N+]c1cc([N+](=O)[O-])cc(S(=O)(=O)O)c1O. The number of aromatic hydroxyl groups is 1. The van der Waals surface area contributed by atoms with E-state index < -0.39 is 37.1 Å². The van der Waals surface area contributed by atoms with Crippen LogP contribution in [-0.2, 0) is 10.1 Å². The minimum atomic E-state index is -4.85. The highest BCUT2D eigenvalue weighted by Crippen LogP contribution is 2.37. The molecule has 84 valence electrons. The van der Waals surface area contributed by atoms with Gasteiger partial charge in [-0.1, -0.05) is 0 Å². The number of rotatable bonds is 2. The number of nitro groups is 1. The molecule has 0 saturated carbocycles. The van der Waals surface area contributed by atoms with E-state index in [0.29, 0.717) is 12.1 Å². The topological polar surface area (TPSA) is 146 Å². The third kappa shape index (κ3) is 2.05. The lowest BCUT2D eigenvalue weighted by molar-refractivity contribution is -0.385. The van der Waals surface area contributed by atoms with Gasteiger partial charge in [-0.15, -0.1) is 0 Å². The molecular formula is C6H4N3O6S+. The quantitative estimate of drug-likeness (QED) is 0.343. The van der Waals surface area contributed by atoms with E-state index >= 15 is 0 Å². The van der Waals surface area contributed by atoms with Gasteiger partial charge in [0.05, 0.1) is 4.92 Å². The van der Waals surface area contributed by atoms with E-state index in [1.807, 2.05) is 0 Å². The van der Waals surface area contributed by atoms with Crippen molar-refractivity contribution in [3.63, 3.8) is 0 Å². The van der Waals surface area contributed by atoms with Gasteiger partial charge in [0, 0.05) is 6.07 Å². The monoisotopic (exact) mass is 246 g/mol. The first-order valence-electron chi connectivity index (χ1n) is 3.61. The van der Waals surface area contributed by atoms with Crippen LogP contribution in [-0.4, -0.2) is 23.0 Å². The number of benzene rings is 1. The second kappa shape index (κ2) is 3.72. The fraction of sp³-hybridized carbons (Fsp3) is 0. The van der Waals surface area contributed by atoms with Crippen LogP contribution in [0.4, 0.5) is 11.4 Å². The Kier molecular flexibility index (Phi) is 2.75. The van der Waals surface area contributed by atoms with Gasteiger partial charge in [-0.3, -0.25) is 14.7 Å².